The van der Waals surface area contributed by atoms with Crippen LogP contribution in [0, 0.1) is 13.8 Å². The SMILES string of the molecule is CCOc1ccc2cc1-c1cc(ccc1OCCNC(=O)OC(C)(C)C)C(N(C)C(=O)CNC(=O)c1ccc(C)cc1C)C(=O)N[C@@H](C)C(=O)NC(C)C2. The van der Waals surface area contributed by atoms with Crippen molar-refractivity contribution < 1.29 is 38.2 Å². The molecule has 54 heavy (non-hydrogen) atoms. The van der Waals surface area contributed by atoms with Crippen LogP contribution in [0.3, 0.4) is 0 Å². The maximum Gasteiger partial charge on any atom is 0.407 e. The highest BCUT2D eigenvalue weighted by molar-refractivity contribution is 5.98. The molecule has 0 spiro atoms. The minimum atomic E-state index is -1.22. The second-order valence-corrected chi connectivity index (χ2v) is 14.5. The number of carbonyl (C=O) groups is 5. The number of hydrogen-bond donors (Lipinski definition) is 4. The summed E-state index contributed by atoms with van der Waals surface area (Å²) in [6, 6.07) is 13.9. The zero-order valence-corrected chi connectivity index (χ0v) is 32.7. The Morgan fingerprint density at radius 2 is 1.56 bits per heavy atom. The molecule has 3 aromatic rings. The molecule has 5 amide bonds. The number of nitrogens with zero attached hydrogens (tertiary/aromatic N) is 1. The smallest absolute Gasteiger partial charge is 0.407 e. The van der Waals surface area contributed by atoms with Gasteiger partial charge in [-0.3, -0.25) is 19.2 Å². The predicted octanol–water partition coefficient (Wildman–Crippen LogP) is 4.77. The van der Waals surface area contributed by atoms with Crippen molar-refractivity contribution in [3.8, 4) is 22.6 Å². The van der Waals surface area contributed by atoms with Gasteiger partial charge < -0.3 is 40.4 Å². The highest BCUT2D eigenvalue weighted by Crippen LogP contribution is 2.40. The molecule has 0 fully saturated rings. The second kappa shape index (κ2) is 18.0. The molecule has 1 aliphatic heterocycles. The van der Waals surface area contributed by atoms with Gasteiger partial charge in [0.15, 0.2) is 0 Å². The number of ether oxygens (including phenoxy) is 3. The Morgan fingerprint density at radius 1 is 0.870 bits per heavy atom. The fourth-order valence-corrected chi connectivity index (χ4v) is 6.15. The summed E-state index contributed by atoms with van der Waals surface area (Å²) >= 11 is 0. The molecule has 3 atom stereocenters. The molecular formula is C41H53N5O8. The lowest BCUT2D eigenvalue weighted by atomic mass is 9.94. The number of rotatable bonds is 10. The Kier molecular flexibility index (Phi) is 13.7. The van der Waals surface area contributed by atoms with Gasteiger partial charge in [-0.25, -0.2) is 4.79 Å². The molecule has 4 bridgehead atoms. The largest absolute Gasteiger partial charge is 0.493 e. The van der Waals surface area contributed by atoms with E-state index in [2.05, 4.69) is 21.3 Å². The minimum absolute atomic E-state index is 0.0955. The van der Waals surface area contributed by atoms with E-state index >= 15 is 0 Å². The highest BCUT2D eigenvalue weighted by atomic mass is 16.6. The summed E-state index contributed by atoms with van der Waals surface area (Å²) in [5.41, 5.74) is 4.15. The van der Waals surface area contributed by atoms with Crippen molar-refractivity contribution in [1.29, 1.82) is 0 Å². The fourth-order valence-electron chi connectivity index (χ4n) is 6.15. The van der Waals surface area contributed by atoms with Crippen molar-refractivity contribution in [2.45, 2.75) is 85.5 Å². The molecule has 2 unspecified atom stereocenters. The van der Waals surface area contributed by atoms with E-state index in [4.69, 9.17) is 14.2 Å². The van der Waals surface area contributed by atoms with Crippen LogP contribution in [-0.2, 0) is 25.5 Å². The highest BCUT2D eigenvalue weighted by Gasteiger charge is 2.32. The van der Waals surface area contributed by atoms with Crippen molar-refractivity contribution >= 4 is 29.7 Å². The van der Waals surface area contributed by atoms with Crippen LogP contribution in [0.2, 0.25) is 0 Å². The molecule has 0 saturated carbocycles. The average molecular weight is 744 g/mol. The second-order valence-electron chi connectivity index (χ2n) is 14.5. The number of benzene rings is 3. The van der Waals surface area contributed by atoms with E-state index in [1.165, 1.54) is 11.9 Å². The summed E-state index contributed by atoms with van der Waals surface area (Å²) < 4.78 is 17.6. The molecule has 290 valence electrons. The Balaban J connectivity index is 1.75. The minimum Gasteiger partial charge on any atom is -0.493 e. The van der Waals surface area contributed by atoms with E-state index in [0.717, 1.165) is 16.7 Å². The number of aryl methyl sites for hydroxylation is 2. The summed E-state index contributed by atoms with van der Waals surface area (Å²) in [4.78, 5) is 67.7. The van der Waals surface area contributed by atoms with E-state index in [1.807, 2.05) is 58.0 Å². The standard InChI is InChI=1S/C41H53N5O8/c1-10-52-33-15-12-28-20-26(4)44-37(48)27(5)45-39(50)36(46(9)35(47)23-43-38(49)30-14-11-24(2)19-25(30)3)29-13-16-34(32(22-29)31(33)21-28)53-18-17-42-40(51)54-41(6,7)8/h11-16,19,21-22,26-27,36H,10,17-18,20,23H2,1-9H3,(H,42,51)(H,43,49)(H,44,48)(H,45,50)/t26?,27-,36?/m0/s1. The van der Waals surface area contributed by atoms with Crippen molar-refractivity contribution in [1.82, 2.24) is 26.2 Å². The molecule has 0 saturated heterocycles. The maximum absolute atomic E-state index is 14.1. The van der Waals surface area contributed by atoms with Crippen LogP contribution < -0.4 is 30.7 Å². The van der Waals surface area contributed by atoms with Crippen molar-refractivity contribution in [2.24, 2.45) is 0 Å². The Bertz CT molecular complexity index is 1870. The van der Waals surface area contributed by atoms with Crippen LogP contribution in [-0.4, -0.2) is 85.7 Å². The topological polar surface area (TPSA) is 164 Å². The summed E-state index contributed by atoms with van der Waals surface area (Å²) in [6.07, 6.45) is -0.0773. The molecule has 4 N–H and O–H groups in total. The van der Waals surface area contributed by atoms with Crippen molar-refractivity contribution in [2.75, 3.05) is 33.4 Å². The number of carbonyl (C=O) groups excluding carboxylic acids is 5. The number of nitrogens with one attached hydrogen (secondary N) is 4. The molecule has 0 aliphatic carbocycles. The molecule has 0 radical (unpaired) electrons. The van der Waals surface area contributed by atoms with Gasteiger partial charge in [-0.1, -0.05) is 29.8 Å². The van der Waals surface area contributed by atoms with Crippen LogP contribution in [0.25, 0.3) is 11.1 Å². The van der Waals surface area contributed by atoms with E-state index in [9.17, 15) is 24.0 Å². The van der Waals surface area contributed by atoms with Crippen LogP contribution in [0.1, 0.15) is 80.2 Å². The number of hydrogen-bond acceptors (Lipinski definition) is 8. The van der Waals surface area contributed by atoms with Crippen LogP contribution in [0.15, 0.2) is 54.6 Å². The molecular weight excluding hydrogens is 690 g/mol. The van der Waals surface area contributed by atoms with Crippen molar-refractivity contribution in [3.05, 3.63) is 82.4 Å². The zero-order chi connectivity index (χ0) is 39.7. The third kappa shape index (κ3) is 11.0. The van der Waals surface area contributed by atoms with Gasteiger partial charge in [-0.15, -0.1) is 0 Å². The van der Waals surface area contributed by atoms with E-state index in [-0.39, 0.29) is 31.6 Å². The van der Waals surface area contributed by atoms with Crippen LogP contribution in [0.4, 0.5) is 4.79 Å². The third-order valence-electron chi connectivity index (χ3n) is 8.72. The maximum atomic E-state index is 14.1. The number of likely N-dealkylation sites (N-methyl/N-ethyl adjacent to an activating group) is 1. The molecule has 13 nitrogen and oxygen atoms in total. The molecule has 0 aromatic heterocycles. The average Bonchev–Trinajstić information content (AvgIpc) is 3.08. The number of alkyl carbamates (subject to hydrolysis) is 1. The third-order valence-corrected chi connectivity index (χ3v) is 8.72. The Hall–Kier alpha value is -5.59. The lowest BCUT2D eigenvalue weighted by Gasteiger charge is -2.30. The first-order chi connectivity index (χ1) is 25.5. The quantitative estimate of drug-likeness (QED) is 0.216. The molecule has 3 aromatic carbocycles. The van der Waals surface area contributed by atoms with Gasteiger partial charge in [0, 0.05) is 29.8 Å². The van der Waals surface area contributed by atoms with Gasteiger partial charge in [0.2, 0.25) is 17.7 Å². The first kappa shape index (κ1) is 41.2. The van der Waals surface area contributed by atoms with Gasteiger partial charge in [-0.05, 0) is 109 Å². The lowest BCUT2D eigenvalue weighted by molar-refractivity contribution is -0.139. The van der Waals surface area contributed by atoms with E-state index in [1.54, 1.807) is 52.0 Å². The molecule has 1 heterocycles. The molecule has 1 aliphatic rings. The monoisotopic (exact) mass is 743 g/mol. The summed E-state index contributed by atoms with van der Waals surface area (Å²) in [5, 5.41) is 11.1. The van der Waals surface area contributed by atoms with Crippen LogP contribution >= 0.6 is 0 Å². The normalized spacial score (nSPS) is 17.2. The van der Waals surface area contributed by atoms with Gasteiger partial charge in [0.25, 0.3) is 5.91 Å². The Morgan fingerprint density at radius 3 is 2.24 bits per heavy atom. The summed E-state index contributed by atoms with van der Waals surface area (Å²) in [5.74, 6) is -0.925. The number of amides is 5. The van der Waals surface area contributed by atoms with Gasteiger partial charge >= 0.3 is 6.09 Å². The lowest BCUT2D eigenvalue weighted by Crippen LogP contribution is -2.52. The van der Waals surface area contributed by atoms with E-state index < -0.39 is 41.5 Å². The van der Waals surface area contributed by atoms with Crippen LogP contribution in [0.5, 0.6) is 11.5 Å². The van der Waals surface area contributed by atoms with Gasteiger partial charge in [-0.2, -0.15) is 0 Å². The van der Waals surface area contributed by atoms with E-state index in [0.29, 0.717) is 46.8 Å². The fraction of sp³-hybridized carbons (Fsp3) is 0.439. The first-order valence-electron chi connectivity index (χ1n) is 18.2. The van der Waals surface area contributed by atoms with Gasteiger partial charge in [0.05, 0.1) is 19.7 Å². The predicted molar refractivity (Wildman–Crippen MR) is 205 cm³/mol. The summed E-state index contributed by atoms with van der Waals surface area (Å²) in [7, 11) is 1.48. The number of fused-ring (bicyclic) bond motifs is 5. The Labute approximate surface area is 317 Å². The molecule has 4 rings (SSSR count). The first-order valence-corrected chi connectivity index (χ1v) is 18.2. The zero-order valence-electron chi connectivity index (χ0n) is 32.7. The van der Waals surface area contributed by atoms with Crippen molar-refractivity contribution in [3.63, 3.8) is 0 Å². The summed E-state index contributed by atoms with van der Waals surface area (Å²) in [6.45, 7) is 14.7. The molecule has 13 heteroatoms. The van der Waals surface area contributed by atoms with Gasteiger partial charge in [0.1, 0.15) is 35.8 Å².